The van der Waals surface area contributed by atoms with Crippen molar-refractivity contribution in [2.24, 2.45) is 5.92 Å². The van der Waals surface area contributed by atoms with Crippen LogP contribution in [0.4, 0.5) is 4.39 Å². The molecule has 0 aliphatic carbocycles. The molecule has 114 valence electrons. The summed E-state index contributed by atoms with van der Waals surface area (Å²) in [5.41, 5.74) is 0.314. The number of halogens is 2. The number of benzene rings is 1. The summed E-state index contributed by atoms with van der Waals surface area (Å²) in [4.78, 5) is 25.5. The van der Waals surface area contributed by atoms with E-state index in [1.165, 1.54) is 23.1 Å². The van der Waals surface area contributed by atoms with E-state index in [1.807, 2.05) is 13.8 Å². The molecule has 0 saturated carbocycles. The van der Waals surface area contributed by atoms with Crippen molar-refractivity contribution in [1.29, 1.82) is 0 Å². The van der Waals surface area contributed by atoms with Crippen molar-refractivity contribution < 1.29 is 14.0 Å². The number of hydrogen-bond acceptors (Lipinski definition) is 2. The third-order valence-corrected chi connectivity index (χ3v) is 3.59. The molecule has 21 heavy (non-hydrogen) atoms. The zero-order chi connectivity index (χ0) is 15.6. The first-order valence-electron chi connectivity index (χ1n) is 6.89. The molecule has 1 unspecified atom stereocenters. The number of amides is 2. The highest BCUT2D eigenvalue weighted by Gasteiger charge is 2.33. The van der Waals surface area contributed by atoms with Crippen LogP contribution in [0.1, 0.15) is 25.8 Å². The smallest absolute Gasteiger partial charge is 0.245 e. The summed E-state index contributed by atoms with van der Waals surface area (Å²) in [6.07, 6.45) is 0.569. The number of piperazine rings is 1. The van der Waals surface area contributed by atoms with Crippen LogP contribution in [0.5, 0.6) is 0 Å². The number of hydrogen-bond donors (Lipinski definition) is 1. The summed E-state index contributed by atoms with van der Waals surface area (Å²) in [7, 11) is 0. The van der Waals surface area contributed by atoms with Gasteiger partial charge in [0.05, 0.1) is 6.54 Å². The highest BCUT2D eigenvalue weighted by molar-refractivity contribution is 6.30. The van der Waals surface area contributed by atoms with Gasteiger partial charge >= 0.3 is 0 Å². The molecule has 0 radical (unpaired) electrons. The van der Waals surface area contributed by atoms with Gasteiger partial charge in [-0.25, -0.2) is 4.39 Å². The lowest BCUT2D eigenvalue weighted by molar-refractivity contribution is -0.145. The maximum Gasteiger partial charge on any atom is 0.245 e. The Labute approximate surface area is 128 Å². The van der Waals surface area contributed by atoms with Gasteiger partial charge < -0.3 is 10.2 Å². The fourth-order valence-corrected chi connectivity index (χ4v) is 2.60. The number of nitrogens with zero attached hydrogens (tertiary/aromatic N) is 1. The molecule has 1 saturated heterocycles. The van der Waals surface area contributed by atoms with Crippen LogP contribution in [-0.2, 0) is 16.1 Å². The lowest BCUT2D eigenvalue weighted by atomic mass is 10.0. The van der Waals surface area contributed by atoms with Crippen molar-refractivity contribution in [2.45, 2.75) is 32.9 Å². The molecule has 1 atom stereocenters. The Morgan fingerprint density at radius 2 is 2.14 bits per heavy atom. The molecule has 1 heterocycles. The minimum absolute atomic E-state index is 0.0489. The quantitative estimate of drug-likeness (QED) is 0.928. The van der Waals surface area contributed by atoms with E-state index in [9.17, 15) is 14.0 Å². The van der Waals surface area contributed by atoms with Crippen molar-refractivity contribution in [3.05, 3.63) is 34.6 Å². The average molecular weight is 313 g/mol. The molecule has 1 aliphatic rings. The van der Waals surface area contributed by atoms with Gasteiger partial charge in [0.1, 0.15) is 11.9 Å². The Bertz CT molecular complexity index is 563. The second-order valence-corrected chi connectivity index (χ2v) is 6.12. The van der Waals surface area contributed by atoms with Gasteiger partial charge in [-0.05, 0) is 30.5 Å². The highest BCUT2D eigenvalue weighted by atomic mass is 35.5. The molecular formula is C15H18ClFN2O2. The predicted molar refractivity (Wildman–Crippen MR) is 78.2 cm³/mol. The van der Waals surface area contributed by atoms with Crippen LogP contribution in [0.15, 0.2) is 18.2 Å². The molecule has 1 fully saturated rings. The van der Waals surface area contributed by atoms with Crippen molar-refractivity contribution in [3.63, 3.8) is 0 Å². The van der Waals surface area contributed by atoms with Gasteiger partial charge in [-0.3, -0.25) is 9.59 Å². The lowest BCUT2D eigenvalue weighted by Gasteiger charge is -2.33. The summed E-state index contributed by atoms with van der Waals surface area (Å²) < 4.78 is 13.8. The zero-order valence-corrected chi connectivity index (χ0v) is 12.8. The third-order valence-electron chi connectivity index (χ3n) is 3.36. The zero-order valence-electron chi connectivity index (χ0n) is 12.0. The van der Waals surface area contributed by atoms with E-state index in [-0.39, 0.29) is 30.8 Å². The largest absolute Gasteiger partial charge is 0.343 e. The number of rotatable bonds is 4. The van der Waals surface area contributed by atoms with Crippen LogP contribution in [0.25, 0.3) is 0 Å². The first-order valence-corrected chi connectivity index (χ1v) is 7.26. The standard InChI is InChI=1S/C15H18ClFN2O2/c1-9(2)5-13-15(21)19(8-14(20)18-13)7-10-6-11(16)3-4-12(10)17/h3-4,6,9,13H,5,7-8H2,1-2H3,(H,18,20). The number of carbonyl (C=O) groups excluding carboxylic acids is 2. The van der Waals surface area contributed by atoms with Crippen LogP contribution < -0.4 is 5.32 Å². The summed E-state index contributed by atoms with van der Waals surface area (Å²) >= 11 is 5.85. The van der Waals surface area contributed by atoms with Gasteiger partial charge in [-0.1, -0.05) is 25.4 Å². The maximum absolute atomic E-state index is 13.8. The van der Waals surface area contributed by atoms with Crippen molar-refractivity contribution in [2.75, 3.05) is 6.54 Å². The molecule has 4 nitrogen and oxygen atoms in total. The second kappa shape index (κ2) is 6.43. The highest BCUT2D eigenvalue weighted by Crippen LogP contribution is 2.19. The minimum atomic E-state index is -0.534. The first-order chi connectivity index (χ1) is 9.86. The van der Waals surface area contributed by atoms with Gasteiger partial charge in [0.15, 0.2) is 0 Å². The molecule has 0 aromatic heterocycles. The van der Waals surface area contributed by atoms with Crippen LogP contribution in [-0.4, -0.2) is 29.3 Å². The molecule has 0 bridgehead atoms. The first kappa shape index (κ1) is 15.8. The molecule has 1 aromatic rings. The van der Waals surface area contributed by atoms with Gasteiger partial charge in [0.25, 0.3) is 0 Å². The monoisotopic (exact) mass is 312 g/mol. The van der Waals surface area contributed by atoms with Crippen molar-refractivity contribution in [3.8, 4) is 0 Å². The summed E-state index contributed by atoms with van der Waals surface area (Å²) in [5.74, 6) is -0.550. The maximum atomic E-state index is 13.8. The van der Waals surface area contributed by atoms with Gasteiger partial charge in [0, 0.05) is 17.1 Å². The Morgan fingerprint density at radius 3 is 2.81 bits per heavy atom. The van der Waals surface area contributed by atoms with Gasteiger partial charge in [-0.2, -0.15) is 0 Å². The SMILES string of the molecule is CC(C)CC1NC(=O)CN(Cc2cc(Cl)ccc2F)C1=O. The summed E-state index contributed by atoms with van der Waals surface area (Å²) in [6.45, 7) is 3.96. The fraction of sp³-hybridized carbons (Fsp3) is 0.467. The second-order valence-electron chi connectivity index (χ2n) is 5.68. The van der Waals surface area contributed by atoms with E-state index < -0.39 is 11.9 Å². The fourth-order valence-electron chi connectivity index (χ4n) is 2.41. The average Bonchev–Trinajstić information content (AvgIpc) is 2.38. The van der Waals surface area contributed by atoms with E-state index >= 15 is 0 Å². The van der Waals surface area contributed by atoms with E-state index in [4.69, 9.17) is 11.6 Å². The summed E-state index contributed by atoms with van der Waals surface area (Å²) in [6, 6.07) is 3.66. The number of carbonyl (C=O) groups is 2. The Balaban J connectivity index is 2.16. The molecule has 6 heteroatoms. The minimum Gasteiger partial charge on any atom is -0.343 e. The van der Waals surface area contributed by atoms with Gasteiger partial charge in [-0.15, -0.1) is 0 Å². The molecule has 1 N–H and O–H groups in total. The molecule has 2 rings (SSSR count). The van der Waals surface area contributed by atoms with Crippen LogP contribution in [0.3, 0.4) is 0 Å². The topological polar surface area (TPSA) is 49.4 Å². The predicted octanol–water partition coefficient (Wildman–Crippen LogP) is 2.35. The van der Waals surface area contributed by atoms with Gasteiger partial charge in [0.2, 0.25) is 11.8 Å². The Kier molecular flexibility index (Phi) is 4.83. The molecular weight excluding hydrogens is 295 g/mol. The van der Waals surface area contributed by atoms with E-state index in [2.05, 4.69) is 5.32 Å². The van der Waals surface area contributed by atoms with Crippen molar-refractivity contribution in [1.82, 2.24) is 10.2 Å². The molecule has 2 amide bonds. The van der Waals surface area contributed by atoms with Crippen molar-refractivity contribution >= 4 is 23.4 Å². The summed E-state index contributed by atoms with van der Waals surface area (Å²) in [5, 5.41) is 3.09. The molecule has 1 aromatic carbocycles. The Hall–Kier alpha value is -1.62. The van der Waals surface area contributed by atoms with Crippen LogP contribution >= 0.6 is 11.6 Å². The Morgan fingerprint density at radius 1 is 1.43 bits per heavy atom. The van der Waals surface area contributed by atoms with Crippen LogP contribution in [0, 0.1) is 11.7 Å². The van der Waals surface area contributed by atoms with E-state index in [0.717, 1.165) is 0 Å². The number of nitrogens with one attached hydrogen (secondary N) is 1. The van der Waals surface area contributed by atoms with E-state index in [0.29, 0.717) is 17.0 Å². The lowest BCUT2D eigenvalue weighted by Crippen LogP contribution is -2.57. The molecule has 1 aliphatic heterocycles. The normalized spacial score (nSPS) is 19.1. The molecule has 0 spiro atoms. The van der Waals surface area contributed by atoms with E-state index in [1.54, 1.807) is 0 Å². The van der Waals surface area contributed by atoms with Crippen LogP contribution in [0.2, 0.25) is 5.02 Å². The third kappa shape index (κ3) is 3.94.